The Labute approximate surface area is 72.0 Å². The van der Waals surface area contributed by atoms with Crippen molar-refractivity contribution in [3.05, 3.63) is 11.6 Å². The van der Waals surface area contributed by atoms with Crippen molar-refractivity contribution >= 4 is 0 Å². The number of hydrogen-bond acceptors (Lipinski definition) is 3. The number of ether oxygens (including phenoxy) is 2. The van der Waals surface area contributed by atoms with Gasteiger partial charge in [-0.1, -0.05) is 11.6 Å². The Morgan fingerprint density at radius 3 is 3.00 bits per heavy atom. The van der Waals surface area contributed by atoms with Crippen LogP contribution in [0.1, 0.15) is 12.8 Å². The van der Waals surface area contributed by atoms with Crippen LogP contribution in [-0.4, -0.2) is 37.1 Å². The van der Waals surface area contributed by atoms with Gasteiger partial charge in [-0.2, -0.15) is 0 Å². The van der Waals surface area contributed by atoms with Gasteiger partial charge >= 0.3 is 0 Å². The second-order valence-corrected chi connectivity index (χ2v) is 3.29. The van der Waals surface area contributed by atoms with Crippen LogP contribution in [-0.2, 0) is 9.47 Å². The third kappa shape index (κ3) is 1.86. The van der Waals surface area contributed by atoms with Crippen molar-refractivity contribution in [3.63, 3.8) is 0 Å². The molecule has 2 unspecified atom stereocenters. The molecule has 2 atom stereocenters. The Hall–Kier alpha value is -0.380. The van der Waals surface area contributed by atoms with E-state index in [1.807, 2.05) is 0 Å². The zero-order valence-corrected chi connectivity index (χ0v) is 7.03. The molecule has 0 aromatic heterocycles. The van der Waals surface area contributed by atoms with Crippen LogP contribution in [0, 0.1) is 0 Å². The highest BCUT2D eigenvalue weighted by Gasteiger charge is 2.38. The summed E-state index contributed by atoms with van der Waals surface area (Å²) in [4.78, 5) is 0. The van der Waals surface area contributed by atoms with Gasteiger partial charge in [-0.25, -0.2) is 0 Å². The second kappa shape index (κ2) is 3.56. The maximum Gasteiger partial charge on any atom is 0.107 e. The van der Waals surface area contributed by atoms with E-state index in [0.717, 1.165) is 26.1 Å². The molecule has 0 saturated carbocycles. The summed E-state index contributed by atoms with van der Waals surface area (Å²) in [5.41, 5.74) is 1.42. The summed E-state index contributed by atoms with van der Waals surface area (Å²) in [5, 5.41) is 8.74. The Kier molecular flexibility index (Phi) is 2.44. The van der Waals surface area contributed by atoms with Crippen LogP contribution in [0.2, 0.25) is 0 Å². The minimum atomic E-state index is 0.105. The summed E-state index contributed by atoms with van der Waals surface area (Å²) in [5.74, 6) is 0. The largest absolute Gasteiger partial charge is 0.394 e. The Morgan fingerprint density at radius 2 is 2.42 bits per heavy atom. The average molecular weight is 170 g/mol. The van der Waals surface area contributed by atoms with Crippen LogP contribution >= 0.6 is 0 Å². The number of aliphatic hydroxyl groups excluding tert-OH is 1. The maximum absolute atomic E-state index is 8.74. The van der Waals surface area contributed by atoms with Crippen LogP contribution in [0.3, 0.4) is 0 Å². The van der Waals surface area contributed by atoms with Crippen molar-refractivity contribution in [1.82, 2.24) is 0 Å². The molecule has 2 rings (SSSR count). The van der Waals surface area contributed by atoms with Gasteiger partial charge in [0.05, 0.1) is 25.9 Å². The molecule has 0 bridgehead atoms. The standard InChI is InChI=1S/C9H14O3/c10-6-9-8(12-9)5-7-1-3-11-4-2-7/h1,8-10H,2-6H2. The lowest BCUT2D eigenvalue weighted by atomic mass is 10.0. The molecular weight excluding hydrogens is 156 g/mol. The van der Waals surface area contributed by atoms with E-state index in [0.29, 0.717) is 0 Å². The van der Waals surface area contributed by atoms with Gasteiger partial charge in [-0.15, -0.1) is 0 Å². The summed E-state index contributed by atoms with van der Waals surface area (Å²) in [6.45, 7) is 1.74. The monoisotopic (exact) mass is 170 g/mol. The topological polar surface area (TPSA) is 42.0 Å². The highest BCUT2D eigenvalue weighted by molar-refractivity contribution is 5.09. The molecule has 0 aromatic rings. The molecule has 0 radical (unpaired) electrons. The molecule has 3 heteroatoms. The van der Waals surface area contributed by atoms with Crippen molar-refractivity contribution in [3.8, 4) is 0 Å². The average Bonchev–Trinajstić information content (AvgIpc) is 2.85. The quantitative estimate of drug-likeness (QED) is 0.495. The lowest BCUT2D eigenvalue weighted by molar-refractivity contribution is 0.153. The van der Waals surface area contributed by atoms with Gasteiger partial charge in [0.15, 0.2) is 0 Å². The van der Waals surface area contributed by atoms with Crippen LogP contribution in [0.25, 0.3) is 0 Å². The Bertz CT molecular complexity index is 188. The van der Waals surface area contributed by atoms with E-state index in [-0.39, 0.29) is 18.8 Å². The molecule has 0 spiro atoms. The zero-order chi connectivity index (χ0) is 8.39. The molecule has 0 amide bonds. The summed E-state index contributed by atoms with van der Waals surface area (Å²) in [7, 11) is 0. The Morgan fingerprint density at radius 1 is 1.50 bits per heavy atom. The molecule has 2 heterocycles. The van der Waals surface area contributed by atoms with Crippen molar-refractivity contribution in [2.24, 2.45) is 0 Å². The maximum atomic E-state index is 8.74. The first-order valence-electron chi connectivity index (χ1n) is 4.42. The van der Waals surface area contributed by atoms with Gasteiger partial charge in [-0.3, -0.25) is 0 Å². The van der Waals surface area contributed by atoms with Crippen LogP contribution in [0.15, 0.2) is 11.6 Å². The van der Waals surface area contributed by atoms with Crippen molar-refractivity contribution in [1.29, 1.82) is 0 Å². The predicted octanol–water partition coefficient (Wildman–Crippen LogP) is 0.483. The summed E-state index contributed by atoms with van der Waals surface area (Å²) in [6.07, 6.45) is 4.51. The van der Waals surface area contributed by atoms with Gasteiger partial charge in [-0.05, 0) is 12.8 Å². The third-order valence-corrected chi connectivity index (χ3v) is 2.39. The lowest BCUT2D eigenvalue weighted by Gasteiger charge is -2.11. The van der Waals surface area contributed by atoms with Crippen molar-refractivity contribution in [2.75, 3.05) is 19.8 Å². The van der Waals surface area contributed by atoms with E-state index in [2.05, 4.69) is 6.08 Å². The zero-order valence-electron chi connectivity index (χ0n) is 7.03. The fraction of sp³-hybridized carbons (Fsp3) is 0.778. The van der Waals surface area contributed by atoms with Crippen LogP contribution in [0.5, 0.6) is 0 Å². The first-order valence-corrected chi connectivity index (χ1v) is 4.42. The SMILES string of the molecule is OCC1OC1CC1=CCOCC1. The molecule has 12 heavy (non-hydrogen) atoms. The molecule has 1 N–H and O–H groups in total. The molecule has 2 aliphatic rings. The normalized spacial score (nSPS) is 34.6. The minimum absolute atomic E-state index is 0.105. The summed E-state index contributed by atoms with van der Waals surface area (Å²) < 4.78 is 10.4. The molecular formula is C9H14O3. The van der Waals surface area contributed by atoms with Gasteiger partial charge < -0.3 is 14.6 Å². The van der Waals surface area contributed by atoms with E-state index < -0.39 is 0 Å². The van der Waals surface area contributed by atoms with Gasteiger partial charge in [0.2, 0.25) is 0 Å². The molecule has 0 aliphatic carbocycles. The number of rotatable bonds is 3. The predicted molar refractivity (Wildman–Crippen MR) is 43.9 cm³/mol. The molecule has 1 fully saturated rings. The van der Waals surface area contributed by atoms with Crippen LogP contribution < -0.4 is 0 Å². The number of epoxide rings is 1. The highest BCUT2D eigenvalue weighted by Crippen LogP contribution is 2.29. The Balaban J connectivity index is 1.76. The molecule has 68 valence electrons. The van der Waals surface area contributed by atoms with Crippen molar-refractivity contribution in [2.45, 2.75) is 25.0 Å². The van der Waals surface area contributed by atoms with Gasteiger partial charge in [0.25, 0.3) is 0 Å². The fourth-order valence-electron chi connectivity index (χ4n) is 1.53. The minimum Gasteiger partial charge on any atom is -0.394 e. The molecule has 0 aromatic carbocycles. The van der Waals surface area contributed by atoms with E-state index in [1.54, 1.807) is 0 Å². The lowest BCUT2D eigenvalue weighted by Crippen LogP contribution is -2.07. The first-order chi connectivity index (χ1) is 5.90. The second-order valence-electron chi connectivity index (χ2n) is 3.29. The summed E-state index contributed by atoms with van der Waals surface area (Å²) >= 11 is 0. The van der Waals surface area contributed by atoms with Gasteiger partial charge in [0, 0.05) is 0 Å². The third-order valence-electron chi connectivity index (χ3n) is 2.39. The number of aliphatic hydroxyl groups is 1. The first kappa shape index (κ1) is 8.23. The van der Waals surface area contributed by atoms with Crippen LogP contribution in [0.4, 0.5) is 0 Å². The number of hydrogen-bond donors (Lipinski definition) is 1. The van der Waals surface area contributed by atoms with E-state index >= 15 is 0 Å². The smallest absolute Gasteiger partial charge is 0.107 e. The van der Waals surface area contributed by atoms with E-state index in [4.69, 9.17) is 14.6 Å². The summed E-state index contributed by atoms with van der Waals surface area (Å²) in [6, 6.07) is 0. The van der Waals surface area contributed by atoms with E-state index in [1.165, 1.54) is 5.57 Å². The van der Waals surface area contributed by atoms with E-state index in [9.17, 15) is 0 Å². The molecule has 1 saturated heterocycles. The molecule has 3 nitrogen and oxygen atoms in total. The fourth-order valence-corrected chi connectivity index (χ4v) is 1.53. The highest BCUT2D eigenvalue weighted by atomic mass is 16.6. The molecule has 2 aliphatic heterocycles. The van der Waals surface area contributed by atoms with Crippen molar-refractivity contribution < 1.29 is 14.6 Å². The van der Waals surface area contributed by atoms with Gasteiger partial charge in [0.1, 0.15) is 6.10 Å².